The number of hydrogen-bond donors (Lipinski definition) is 0. The van der Waals surface area contributed by atoms with Crippen LogP contribution in [0.25, 0.3) is 6.08 Å². The van der Waals surface area contributed by atoms with Crippen molar-refractivity contribution < 1.29 is 9.18 Å². The highest BCUT2D eigenvalue weighted by atomic mass is 35.5. The Morgan fingerprint density at radius 1 is 1.13 bits per heavy atom. The molecule has 1 aliphatic heterocycles. The van der Waals surface area contributed by atoms with E-state index in [1.54, 1.807) is 43.3 Å². The van der Waals surface area contributed by atoms with E-state index in [-0.39, 0.29) is 5.91 Å². The summed E-state index contributed by atoms with van der Waals surface area (Å²) in [6, 6.07) is 11.0. The first kappa shape index (κ1) is 15.7. The fourth-order valence-electron chi connectivity index (χ4n) is 2.22. The topological polar surface area (TPSA) is 32.7 Å². The predicted octanol–water partition coefficient (Wildman–Crippen LogP) is 4.94. The summed E-state index contributed by atoms with van der Waals surface area (Å²) in [6.07, 6.45) is 1.49. The highest BCUT2D eigenvalue weighted by molar-refractivity contribution is 6.42. The van der Waals surface area contributed by atoms with Crippen LogP contribution in [0.15, 0.2) is 53.1 Å². The summed E-state index contributed by atoms with van der Waals surface area (Å²) < 4.78 is 13.8. The molecule has 1 heterocycles. The molecule has 6 heteroatoms. The summed E-state index contributed by atoms with van der Waals surface area (Å²) in [4.78, 5) is 12.6. The monoisotopic (exact) mass is 348 g/mol. The third-order valence-corrected chi connectivity index (χ3v) is 4.15. The van der Waals surface area contributed by atoms with Crippen molar-refractivity contribution in [2.24, 2.45) is 5.10 Å². The molecule has 0 aromatic heterocycles. The van der Waals surface area contributed by atoms with E-state index in [9.17, 15) is 9.18 Å². The second-order valence-electron chi connectivity index (χ2n) is 4.98. The van der Waals surface area contributed by atoms with Crippen molar-refractivity contribution in [3.8, 4) is 0 Å². The molecule has 1 amide bonds. The van der Waals surface area contributed by atoms with Crippen LogP contribution in [0, 0.1) is 5.82 Å². The minimum absolute atomic E-state index is 0.330. The minimum Gasteiger partial charge on any atom is -0.267 e. The van der Waals surface area contributed by atoms with E-state index in [1.807, 2.05) is 0 Å². The van der Waals surface area contributed by atoms with Gasteiger partial charge in [-0.3, -0.25) is 4.79 Å². The number of rotatable bonds is 2. The lowest BCUT2D eigenvalue weighted by Gasteiger charge is -2.12. The van der Waals surface area contributed by atoms with Gasteiger partial charge in [0.05, 0.1) is 27.0 Å². The third kappa shape index (κ3) is 3.00. The quantitative estimate of drug-likeness (QED) is 0.707. The number of benzene rings is 2. The van der Waals surface area contributed by atoms with Gasteiger partial charge in [-0.05, 0) is 37.3 Å². The Bertz CT molecular complexity index is 861. The van der Waals surface area contributed by atoms with Crippen molar-refractivity contribution in [2.45, 2.75) is 6.92 Å². The van der Waals surface area contributed by atoms with Gasteiger partial charge in [0, 0.05) is 5.56 Å². The van der Waals surface area contributed by atoms with E-state index in [0.717, 1.165) is 0 Å². The van der Waals surface area contributed by atoms with Crippen LogP contribution in [0.4, 0.5) is 10.1 Å². The van der Waals surface area contributed by atoms with Gasteiger partial charge in [-0.1, -0.05) is 41.4 Å². The summed E-state index contributed by atoms with van der Waals surface area (Å²) >= 11 is 11.9. The van der Waals surface area contributed by atoms with Crippen molar-refractivity contribution in [3.63, 3.8) is 0 Å². The fourth-order valence-corrected chi connectivity index (χ4v) is 2.52. The molecule has 0 N–H and O–H groups in total. The largest absolute Gasteiger partial charge is 0.280 e. The van der Waals surface area contributed by atoms with Gasteiger partial charge in [0.25, 0.3) is 5.91 Å². The van der Waals surface area contributed by atoms with Crippen LogP contribution in [0.3, 0.4) is 0 Å². The summed E-state index contributed by atoms with van der Waals surface area (Å²) in [6.45, 7) is 1.70. The van der Waals surface area contributed by atoms with Gasteiger partial charge in [0.2, 0.25) is 0 Å². The number of halogens is 3. The smallest absolute Gasteiger partial charge is 0.267 e. The normalized spacial score (nSPS) is 16.2. The standard InChI is InChI=1S/C17H11Cl2FN2O/c1-10-13(8-11-4-2-3-5-16(11)20)17(23)22(21-10)12-6-7-14(18)15(19)9-12/h2-9H,1H3/b13-8+. The molecule has 3 rings (SSSR count). The van der Waals surface area contributed by atoms with Gasteiger partial charge in [0.1, 0.15) is 5.82 Å². The van der Waals surface area contributed by atoms with E-state index >= 15 is 0 Å². The third-order valence-electron chi connectivity index (χ3n) is 3.42. The number of hydrazone groups is 1. The summed E-state index contributed by atoms with van der Waals surface area (Å²) in [5, 5.41) is 6.18. The molecule has 0 radical (unpaired) electrons. The maximum Gasteiger partial charge on any atom is 0.280 e. The molecule has 116 valence electrons. The van der Waals surface area contributed by atoms with E-state index < -0.39 is 5.82 Å². The maximum atomic E-state index is 13.8. The van der Waals surface area contributed by atoms with Gasteiger partial charge in [0.15, 0.2) is 0 Å². The highest BCUT2D eigenvalue weighted by Crippen LogP contribution is 2.31. The zero-order valence-corrected chi connectivity index (χ0v) is 13.6. The highest BCUT2D eigenvalue weighted by Gasteiger charge is 2.29. The molecule has 2 aromatic rings. The van der Waals surface area contributed by atoms with Crippen LogP contribution in [-0.4, -0.2) is 11.6 Å². The zero-order chi connectivity index (χ0) is 16.6. The molecule has 2 aromatic carbocycles. The van der Waals surface area contributed by atoms with Crippen molar-refractivity contribution >= 4 is 46.6 Å². The molecule has 3 nitrogen and oxygen atoms in total. The molecule has 0 saturated heterocycles. The van der Waals surface area contributed by atoms with Crippen molar-refractivity contribution in [1.29, 1.82) is 0 Å². The number of amides is 1. The maximum absolute atomic E-state index is 13.8. The van der Waals surface area contributed by atoms with Crippen LogP contribution in [-0.2, 0) is 4.79 Å². The van der Waals surface area contributed by atoms with Gasteiger partial charge in [-0.15, -0.1) is 0 Å². The Kier molecular flexibility index (Phi) is 4.20. The fraction of sp³-hybridized carbons (Fsp3) is 0.0588. The SMILES string of the molecule is CC1=NN(c2ccc(Cl)c(Cl)c2)C(=O)/C1=C/c1ccccc1F. The minimum atomic E-state index is -0.395. The first-order valence-electron chi connectivity index (χ1n) is 6.78. The van der Waals surface area contributed by atoms with E-state index in [1.165, 1.54) is 17.2 Å². The Morgan fingerprint density at radius 3 is 2.57 bits per heavy atom. The molecule has 1 aliphatic rings. The Morgan fingerprint density at radius 2 is 1.87 bits per heavy atom. The molecule has 0 bridgehead atoms. The molecular formula is C17H11Cl2FN2O. The molecule has 0 atom stereocenters. The lowest BCUT2D eigenvalue weighted by molar-refractivity contribution is -0.114. The molecule has 23 heavy (non-hydrogen) atoms. The van der Waals surface area contributed by atoms with Gasteiger partial charge >= 0.3 is 0 Å². The summed E-state index contributed by atoms with van der Waals surface area (Å²) in [7, 11) is 0. The molecule has 0 saturated carbocycles. The number of nitrogens with zero attached hydrogens (tertiary/aromatic N) is 2. The Labute approximate surface area is 142 Å². The number of anilines is 1. The average molecular weight is 349 g/mol. The molecular weight excluding hydrogens is 338 g/mol. The van der Waals surface area contributed by atoms with E-state index in [0.29, 0.717) is 32.6 Å². The number of carbonyl (C=O) groups is 1. The lowest BCUT2D eigenvalue weighted by Crippen LogP contribution is -2.21. The summed E-state index contributed by atoms with van der Waals surface area (Å²) in [5.74, 6) is -0.738. The first-order valence-corrected chi connectivity index (χ1v) is 7.54. The second kappa shape index (κ2) is 6.14. The van der Waals surface area contributed by atoms with Gasteiger partial charge in [-0.25, -0.2) is 4.39 Å². The number of hydrogen-bond acceptors (Lipinski definition) is 2. The van der Waals surface area contributed by atoms with Crippen LogP contribution in [0.5, 0.6) is 0 Å². The first-order chi connectivity index (χ1) is 11.0. The van der Waals surface area contributed by atoms with E-state index in [2.05, 4.69) is 5.10 Å². The van der Waals surface area contributed by atoms with Crippen LogP contribution >= 0.6 is 23.2 Å². The number of carbonyl (C=O) groups excluding carboxylic acids is 1. The molecule has 0 unspecified atom stereocenters. The van der Waals surface area contributed by atoms with Crippen LogP contribution in [0.1, 0.15) is 12.5 Å². The average Bonchev–Trinajstić information content (AvgIpc) is 2.80. The molecule has 0 aliphatic carbocycles. The molecule has 0 spiro atoms. The molecule has 0 fully saturated rings. The van der Waals surface area contributed by atoms with Crippen molar-refractivity contribution in [3.05, 3.63) is 69.5 Å². The predicted molar refractivity (Wildman–Crippen MR) is 91.4 cm³/mol. The Hall–Kier alpha value is -2.17. The van der Waals surface area contributed by atoms with E-state index in [4.69, 9.17) is 23.2 Å². The van der Waals surface area contributed by atoms with Crippen LogP contribution < -0.4 is 5.01 Å². The Balaban J connectivity index is 1.98. The zero-order valence-electron chi connectivity index (χ0n) is 12.1. The second-order valence-corrected chi connectivity index (χ2v) is 5.79. The van der Waals surface area contributed by atoms with Crippen molar-refractivity contribution in [1.82, 2.24) is 0 Å². The van der Waals surface area contributed by atoms with Crippen molar-refractivity contribution in [2.75, 3.05) is 5.01 Å². The van der Waals surface area contributed by atoms with Gasteiger partial charge < -0.3 is 0 Å². The van der Waals surface area contributed by atoms with Crippen LogP contribution in [0.2, 0.25) is 10.0 Å². The lowest BCUT2D eigenvalue weighted by atomic mass is 10.1. The summed E-state index contributed by atoms with van der Waals surface area (Å²) in [5.41, 5.74) is 1.67. The van der Waals surface area contributed by atoms with Gasteiger partial charge in [-0.2, -0.15) is 10.1 Å².